The second-order valence-electron chi connectivity index (χ2n) is 21.2. The Balaban J connectivity index is 1.09. The largest absolute Gasteiger partial charge is 0.251 e. The average molecular weight is 845 g/mol. The SMILES string of the molecule is PC(c1ccc2ccccc2n1)(c1ccc2ccccc2n1)c1cc(-c2ccccc2)c(-c2ccccc2)cc1CP(C12CC3CC(CC(C3)C1)C2)C12CC3CC(CC(C3)C1)C2. The van der Waals surface area contributed by atoms with E-state index in [2.05, 4.69) is 155 Å². The molecular weight excluding hydrogens is 787 g/mol. The molecule has 4 heteroatoms. The number of rotatable bonds is 9. The number of nitrogens with zero attached hydrogens (tertiary/aromatic N) is 2. The van der Waals surface area contributed by atoms with Gasteiger partial charge in [-0.15, -0.1) is 9.24 Å². The first-order chi connectivity index (χ1) is 30.4. The fourth-order valence-corrected chi connectivity index (χ4v) is 21.4. The third-order valence-electron chi connectivity index (χ3n) is 17.3. The van der Waals surface area contributed by atoms with E-state index < -0.39 is 5.16 Å². The highest BCUT2D eigenvalue weighted by molar-refractivity contribution is 7.60. The van der Waals surface area contributed by atoms with Crippen molar-refractivity contribution in [3.8, 4) is 22.3 Å². The van der Waals surface area contributed by atoms with Crippen LogP contribution < -0.4 is 0 Å². The fourth-order valence-electron chi connectivity index (χ4n) is 15.6. The maximum absolute atomic E-state index is 5.64. The van der Waals surface area contributed by atoms with Gasteiger partial charge < -0.3 is 0 Å². The first-order valence-corrected chi connectivity index (χ1v) is 26.1. The van der Waals surface area contributed by atoms with E-state index in [1.54, 1.807) is 5.56 Å². The van der Waals surface area contributed by atoms with E-state index in [4.69, 9.17) is 9.97 Å². The van der Waals surface area contributed by atoms with Crippen molar-refractivity contribution in [2.75, 3.05) is 0 Å². The molecule has 15 rings (SSSR count). The fraction of sp³-hybridized carbons (Fsp3) is 0.379. The smallest absolute Gasteiger partial charge is 0.0936 e. The average Bonchev–Trinajstić information content (AvgIpc) is 3.29. The van der Waals surface area contributed by atoms with Gasteiger partial charge in [-0.3, -0.25) is 9.97 Å². The van der Waals surface area contributed by atoms with Crippen molar-refractivity contribution < 1.29 is 0 Å². The quantitative estimate of drug-likeness (QED) is 0.135. The molecule has 8 aliphatic rings. The lowest BCUT2D eigenvalue weighted by molar-refractivity contribution is 0.0184. The molecule has 0 radical (unpaired) electrons. The highest BCUT2D eigenvalue weighted by Crippen LogP contribution is 2.80. The van der Waals surface area contributed by atoms with Gasteiger partial charge in [0.2, 0.25) is 0 Å². The van der Waals surface area contributed by atoms with Crippen LogP contribution in [0.1, 0.15) is 99.6 Å². The summed E-state index contributed by atoms with van der Waals surface area (Å²) in [6, 6.07) is 54.4. The normalized spacial score (nSPS) is 30.0. The topological polar surface area (TPSA) is 25.8 Å². The number of hydrogen-bond acceptors (Lipinski definition) is 2. The van der Waals surface area contributed by atoms with Gasteiger partial charge in [0, 0.05) is 10.8 Å². The summed E-state index contributed by atoms with van der Waals surface area (Å²) in [5.74, 6) is 5.69. The minimum absolute atomic E-state index is 0.338. The minimum atomic E-state index is -0.702. The van der Waals surface area contributed by atoms with E-state index in [-0.39, 0.29) is 7.92 Å². The first kappa shape index (κ1) is 38.3. The second kappa shape index (κ2) is 14.7. The van der Waals surface area contributed by atoms with Crippen molar-refractivity contribution in [3.63, 3.8) is 0 Å². The van der Waals surface area contributed by atoms with Gasteiger partial charge in [-0.05, 0) is 199 Å². The Hall–Kier alpha value is -4.22. The highest BCUT2D eigenvalue weighted by atomic mass is 31.1. The Morgan fingerprint density at radius 3 is 1.29 bits per heavy atom. The van der Waals surface area contributed by atoms with Crippen LogP contribution in [0.15, 0.2) is 146 Å². The number of pyridine rings is 2. The van der Waals surface area contributed by atoms with Crippen molar-refractivity contribution in [2.24, 2.45) is 35.5 Å². The Bertz CT molecular complexity index is 2640. The zero-order valence-corrected chi connectivity index (χ0v) is 38.0. The van der Waals surface area contributed by atoms with Crippen LogP contribution >= 0.6 is 17.2 Å². The van der Waals surface area contributed by atoms with Crippen LogP contribution in [0, 0.1) is 35.5 Å². The van der Waals surface area contributed by atoms with Gasteiger partial charge in [-0.2, -0.15) is 0 Å². The maximum Gasteiger partial charge on any atom is 0.0936 e. The molecular formula is C58H58N2P2. The zero-order chi connectivity index (χ0) is 41.0. The van der Waals surface area contributed by atoms with Gasteiger partial charge >= 0.3 is 0 Å². The lowest BCUT2D eigenvalue weighted by atomic mass is 9.55. The molecule has 8 aliphatic carbocycles. The molecule has 8 saturated carbocycles. The lowest BCUT2D eigenvalue weighted by Crippen LogP contribution is -2.56. The molecule has 0 aliphatic heterocycles. The van der Waals surface area contributed by atoms with Crippen LogP contribution in [0.25, 0.3) is 44.1 Å². The lowest BCUT2D eigenvalue weighted by Gasteiger charge is -2.67. The Labute approximate surface area is 371 Å². The molecule has 1 atom stereocenters. The van der Waals surface area contributed by atoms with Crippen LogP contribution in [0.2, 0.25) is 0 Å². The predicted octanol–water partition coefficient (Wildman–Crippen LogP) is 15.2. The van der Waals surface area contributed by atoms with E-state index in [0.717, 1.165) is 57.9 Å². The number of benzene rings is 5. The van der Waals surface area contributed by atoms with Crippen LogP contribution in [0.3, 0.4) is 0 Å². The third kappa shape index (κ3) is 6.24. The molecule has 8 fully saturated rings. The van der Waals surface area contributed by atoms with Crippen molar-refractivity contribution in [1.29, 1.82) is 0 Å². The van der Waals surface area contributed by atoms with Gasteiger partial charge in [0.1, 0.15) is 0 Å². The molecule has 7 aromatic rings. The molecule has 1 unspecified atom stereocenters. The molecule has 0 spiro atoms. The summed E-state index contributed by atoms with van der Waals surface area (Å²) in [5.41, 5.74) is 12.3. The van der Waals surface area contributed by atoms with Crippen LogP contribution in [0.5, 0.6) is 0 Å². The van der Waals surface area contributed by atoms with E-state index in [9.17, 15) is 0 Å². The number of aromatic nitrogens is 2. The Morgan fingerprint density at radius 2 is 0.855 bits per heavy atom. The maximum atomic E-state index is 5.64. The van der Waals surface area contributed by atoms with Gasteiger partial charge in [-0.25, -0.2) is 0 Å². The highest BCUT2D eigenvalue weighted by Gasteiger charge is 2.62. The molecule has 0 amide bonds. The number of fused-ring (bicyclic) bond motifs is 2. The summed E-state index contributed by atoms with van der Waals surface area (Å²) in [4.78, 5) is 11.3. The molecule has 62 heavy (non-hydrogen) atoms. The van der Waals surface area contributed by atoms with Crippen LogP contribution in [-0.4, -0.2) is 20.3 Å². The van der Waals surface area contributed by atoms with Gasteiger partial charge in [-0.1, -0.05) is 117 Å². The van der Waals surface area contributed by atoms with Crippen LogP contribution in [0.4, 0.5) is 0 Å². The number of hydrogen-bond donors (Lipinski definition) is 0. The summed E-state index contributed by atoms with van der Waals surface area (Å²) in [6.07, 6.45) is 19.3. The molecule has 2 aromatic heterocycles. The van der Waals surface area contributed by atoms with E-state index in [1.165, 1.54) is 122 Å². The number of para-hydroxylation sites is 2. The minimum Gasteiger partial charge on any atom is -0.251 e. The van der Waals surface area contributed by atoms with Crippen molar-refractivity contribution in [3.05, 3.63) is 168 Å². The zero-order valence-electron chi connectivity index (χ0n) is 35.9. The second-order valence-corrected chi connectivity index (χ2v) is 25.2. The molecule has 8 bridgehead atoms. The molecule has 310 valence electrons. The molecule has 2 nitrogen and oxygen atoms in total. The van der Waals surface area contributed by atoms with E-state index >= 15 is 0 Å². The first-order valence-electron chi connectivity index (χ1n) is 24.0. The van der Waals surface area contributed by atoms with Crippen molar-refractivity contribution in [1.82, 2.24) is 9.97 Å². The Kier molecular flexibility index (Phi) is 9.05. The third-order valence-corrected chi connectivity index (χ3v) is 22.3. The summed E-state index contributed by atoms with van der Waals surface area (Å²) in [6.45, 7) is 0. The van der Waals surface area contributed by atoms with Gasteiger partial charge in [0.05, 0.1) is 27.6 Å². The summed E-state index contributed by atoms with van der Waals surface area (Å²) >= 11 is 0. The van der Waals surface area contributed by atoms with E-state index in [1.807, 2.05) is 0 Å². The van der Waals surface area contributed by atoms with E-state index in [0.29, 0.717) is 10.3 Å². The van der Waals surface area contributed by atoms with Crippen molar-refractivity contribution in [2.45, 2.75) is 98.7 Å². The Morgan fingerprint density at radius 1 is 0.468 bits per heavy atom. The molecule has 2 heterocycles. The standard InChI is InChI=1S/C58H58N2P2/c61-58(54-21-19-46-15-7-9-17-52(46)59-54,55-22-20-47-16-8-10-18-53(47)60-55)51-30-50(45-13-5-2-6-14-45)49(44-11-3-1-4-12-44)29-48(51)37-62(56-31-38-23-39(32-56)25-40(24-38)33-56)57-34-41-26-42(35-57)28-43(27-41)36-57/h1-22,29-30,38-43H,23-28,31-37,61H2. The molecule has 0 N–H and O–H groups in total. The van der Waals surface area contributed by atoms with Gasteiger partial charge in [0.15, 0.2) is 0 Å². The monoisotopic (exact) mass is 844 g/mol. The van der Waals surface area contributed by atoms with Crippen LogP contribution in [-0.2, 0) is 11.3 Å². The molecule has 0 saturated heterocycles. The molecule has 5 aromatic carbocycles. The summed E-state index contributed by atoms with van der Waals surface area (Å²) < 4.78 is 0. The summed E-state index contributed by atoms with van der Waals surface area (Å²) in [7, 11) is 3.14. The van der Waals surface area contributed by atoms with Crippen molar-refractivity contribution >= 4 is 39.0 Å². The van der Waals surface area contributed by atoms with Gasteiger partial charge in [0.25, 0.3) is 0 Å². The predicted molar refractivity (Wildman–Crippen MR) is 263 cm³/mol. The summed E-state index contributed by atoms with van der Waals surface area (Å²) in [5, 5.41) is 2.65.